The number of nitrogens with one attached hydrogen (secondary N) is 2. The summed E-state index contributed by atoms with van der Waals surface area (Å²) < 4.78 is 0. The third-order valence-corrected chi connectivity index (χ3v) is 7.60. The summed E-state index contributed by atoms with van der Waals surface area (Å²) in [5, 5.41) is 18.7. The lowest BCUT2D eigenvalue weighted by Gasteiger charge is -2.32. The van der Waals surface area contributed by atoms with Crippen molar-refractivity contribution in [1.29, 1.82) is 0 Å². The van der Waals surface area contributed by atoms with Gasteiger partial charge < -0.3 is 10.6 Å². The summed E-state index contributed by atoms with van der Waals surface area (Å²) in [6, 6.07) is 26.5. The summed E-state index contributed by atoms with van der Waals surface area (Å²) in [5.41, 5.74) is 3.61. The van der Waals surface area contributed by atoms with Gasteiger partial charge in [0, 0.05) is 49.5 Å². The highest BCUT2D eigenvalue weighted by Gasteiger charge is 2.21. The second kappa shape index (κ2) is 13.4. The molecule has 0 radical (unpaired) electrons. The molecule has 3 aromatic carbocycles. The zero-order chi connectivity index (χ0) is 28.6. The first-order valence-corrected chi connectivity index (χ1v) is 14.1. The average molecular weight is 570 g/mol. The lowest BCUT2D eigenvalue weighted by molar-refractivity contribution is -0.385. The van der Waals surface area contributed by atoms with Crippen LogP contribution < -0.4 is 10.6 Å². The smallest absolute Gasteiger partial charge is 0.282 e. The second-order valence-corrected chi connectivity index (χ2v) is 10.7. The molecule has 1 aromatic heterocycles. The Bertz CT molecular complexity index is 1470. The number of halogens is 1. The quantitative estimate of drug-likeness (QED) is 0.170. The number of likely N-dealkylation sites (tertiary alicyclic amines) is 1. The molecule has 0 spiro atoms. The fourth-order valence-corrected chi connectivity index (χ4v) is 5.20. The van der Waals surface area contributed by atoms with Crippen LogP contribution in [0.15, 0.2) is 91.1 Å². The third-order valence-electron chi connectivity index (χ3n) is 7.35. The van der Waals surface area contributed by atoms with E-state index in [2.05, 4.69) is 44.8 Å². The maximum Gasteiger partial charge on any atom is 0.282 e. The zero-order valence-corrected chi connectivity index (χ0v) is 23.4. The van der Waals surface area contributed by atoms with Gasteiger partial charge in [0.05, 0.1) is 4.92 Å². The molecule has 2 N–H and O–H groups in total. The number of anilines is 1. The summed E-state index contributed by atoms with van der Waals surface area (Å²) in [5.74, 6) is 0.472. The van der Waals surface area contributed by atoms with E-state index in [1.54, 1.807) is 30.3 Å². The summed E-state index contributed by atoms with van der Waals surface area (Å²) >= 11 is 5.95. The van der Waals surface area contributed by atoms with E-state index in [9.17, 15) is 14.9 Å². The molecule has 0 aliphatic carbocycles. The topological polar surface area (TPSA) is 100 Å². The fraction of sp³-hybridized carbons (Fsp3) is 0.250. The minimum absolute atomic E-state index is 0.0436. The molecular weight excluding hydrogens is 538 g/mol. The average Bonchev–Trinajstić information content (AvgIpc) is 2.99. The molecule has 2 heterocycles. The predicted molar refractivity (Wildman–Crippen MR) is 162 cm³/mol. The number of benzene rings is 3. The Morgan fingerprint density at radius 1 is 0.951 bits per heavy atom. The summed E-state index contributed by atoms with van der Waals surface area (Å²) in [6.45, 7) is 3.35. The van der Waals surface area contributed by atoms with Crippen LogP contribution in [0.4, 0.5) is 11.5 Å². The van der Waals surface area contributed by atoms with Gasteiger partial charge in [0.1, 0.15) is 11.4 Å². The van der Waals surface area contributed by atoms with Gasteiger partial charge >= 0.3 is 0 Å². The van der Waals surface area contributed by atoms with Crippen LogP contribution in [0.3, 0.4) is 0 Å². The summed E-state index contributed by atoms with van der Waals surface area (Å²) in [7, 11) is 0. The standard InChI is InChI=1S/C32H32ClN5O3/c33-27-11-8-25(9-12-27)26-10-13-29(30(21-26)38(40)41)32(39)35-18-14-23-4-6-24(7-5-23)22-37-19-15-28(16-20-37)36-31-3-1-2-17-34-31/h1-13,17,21,28H,14-16,18-20,22H2,(H,34,36)(H,35,39). The van der Waals surface area contributed by atoms with Crippen molar-refractivity contribution in [2.45, 2.75) is 31.8 Å². The van der Waals surface area contributed by atoms with E-state index in [1.165, 1.54) is 17.7 Å². The van der Waals surface area contributed by atoms with Gasteiger partial charge in [-0.1, -0.05) is 60.1 Å². The lowest BCUT2D eigenvalue weighted by Crippen LogP contribution is -2.38. The van der Waals surface area contributed by atoms with Crippen LogP contribution in [-0.2, 0) is 13.0 Å². The molecular formula is C32H32ClN5O3. The number of nitro groups is 1. The van der Waals surface area contributed by atoms with Gasteiger partial charge in [0.15, 0.2) is 0 Å². The highest BCUT2D eigenvalue weighted by atomic mass is 35.5. The van der Waals surface area contributed by atoms with E-state index in [1.807, 2.05) is 24.4 Å². The van der Waals surface area contributed by atoms with Crippen LogP contribution in [0, 0.1) is 10.1 Å². The Hall–Kier alpha value is -4.27. The number of rotatable bonds is 10. The highest BCUT2D eigenvalue weighted by molar-refractivity contribution is 6.30. The van der Waals surface area contributed by atoms with E-state index >= 15 is 0 Å². The Labute approximate surface area is 244 Å². The first kappa shape index (κ1) is 28.3. The van der Waals surface area contributed by atoms with E-state index < -0.39 is 10.8 Å². The van der Waals surface area contributed by atoms with Gasteiger partial charge in [-0.05, 0) is 71.8 Å². The molecule has 1 saturated heterocycles. The number of nitrogens with zero attached hydrogens (tertiary/aromatic N) is 3. The molecule has 9 heteroatoms. The Balaban J connectivity index is 1.09. The minimum Gasteiger partial charge on any atom is -0.367 e. The Morgan fingerprint density at radius 2 is 1.66 bits per heavy atom. The maximum atomic E-state index is 12.8. The fourth-order valence-electron chi connectivity index (χ4n) is 5.07. The molecule has 4 aromatic rings. The van der Waals surface area contributed by atoms with E-state index in [4.69, 9.17) is 11.6 Å². The monoisotopic (exact) mass is 569 g/mol. The van der Waals surface area contributed by atoms with Crippen molar-refractivity contribution in [2.75, 3.05) is 25.0 Å². The van der Waals surface area contributed by atoms with Gasteiger partial charge in [0.2, 0.25) is 0 Å². The number of amides is 1. The largest absolute Gasteiger partial charge is 0.367 e. The van der Waals surface area contributed by atoms with Crippen molar-refractivity contribution in [3.8, 4) is 11.1 Å². The van der Waals surface area contributed by atoms with Gasteiger partial charge in [-0.2, -0.15) is 0 Å². The number of hydrogen-bond acceptors (Lipinski definition) is 6. The lowest BCUT2D eigenvalue weighted by atomic mass is 10.0. The van der Waals surface area contributed by atoms with Crippen molar-refractivity contribution >= 4 is 29.0 Å². The molecule has 210 valence electrons. The van der Waals surface area contributed by atoms with Crippen LogP contribution in [0.2, 0.25) is 5.02 Å². The zero-order valence-electron chi connectivity index (χ0n) is 22.6. The van der Waals surface area contributed by atoms with Crippen molar-refractivity contribution in [2.24, 2.45) is 0 Å². The van der Waals surface area contributed by atoms with E-state index in [-0.39, 0.29) is 11.3 Å². The second-order valence-electron chi connectivity index (χ2n) is 10.2. The normalized spacial score (nSPS) is 14.0. The molecule has 1 amide bonds. The molecule has 0 atom stereocenters. The molecule has 41 heavy (non-hydrogen) atoms. The first-order chi connectivity index (χ1) is 19.9. The molecule has 1 fully saturated rings. The number of hydrogen-bond donors (Lipinski definition) is 2. The SMILES string of the molecule is O=C(NCCc1ccc(CN2CCC(Nc3ccccn3)CC2)cc1)c1ccc(-c2ccc(Cl)cc2)cc1[N+](=O)[O-]. The number of aromatic nitrogens is 1. The van der Waals surface area contributed by atoms with Crippen LogP contribution >= 0.6 is 11.6 Å². The predicted octanol–water partition coefficient (Wildman–Crippen LogP) is 6.36. The number of carbonyl (C=O) groups excluding carboxylic acids is 1. The van der Waals surface area contributed by atoms with Crippen molar-refractivity contribution in [3.05, 3.63) is 123 Å². The minimum atomic E-state index is -0.521. The molecule has 1 aliphatic rings. The molecule has 0 saturated carbocycles. The van der Waals surface area contributed by atoms with Crippen molar-refractivity contribution in [1.82, 2.24) is 15.2 Å². The Morgan fingerprint density at radius 3 is 2.34 bits per heavy atom. The number of carbonyl (C=O) groups is 1. The summed E-state index contributed by atoms with van der Waals surface area (Å²) in [4.78, 5) is 30.8. The molecule has 8 nitrogen and oxygen atoms in total. The van der Waals surface area contributed by atoms with Crippen LogP contribution in [0.25, 0.3) is 11.1 Å². The molecule has 1 aliphatic heterocycles. The maximum absolute atomic E-state index is 12.8. The highest BCUT2D eigenvalue weighted by Crippen LogP contribution is 2.28. The number of pyridine rings is 1. The number of nitro benzene ring substituents is 1. The first-order valence-electron chi connectivity index (χ1n) is 13.7. The van der Waals surface area contributed by atoms with E-state index in [0.29, 0.717) is 29.6 Å². The van der Waals surface area contributed by atoms with Gasteiger partial charge in [-0.15, -0.1) is 0 Å². The van der Waals surface area contributed by atoms with Gasteiger partial charge in [-0.25, -0.2) is 4.98 Å². The molecule has 0 bridgehead atoms. The van der Waals surface area contributed by atoms with Crippen molar-refractivity contribution in [3.63, 3.8) is 0 Å². The molecule has 0 unspecified atom stereocenters. The van der Waals surface area contributed by atoms with Crippen LogP contribution in [0.1, 0.15) is 34.3 Å². The van der Waals surface area contributed by atoms with Crippen LogP contribution in [0.5, 0.6) is 0 Å². The summed E-state index contributed by atoms with van der Waals surface area (Å²) in [6.07, 6.45) is 4.60. The number of piperidine rings is 1. The third kappa shape index (κ3) is 7.68. The van der Waals surface area contributed by atoms with Crippen LogP contribution in [-0.4, -0.2) is 46.4 Å². The van der Waals surface area contributed by atoms with Crippen molar-refractivity contribution < 1.29 is 9.72 Å². The Kier molecular flexibility index (Phi) is 9.23. The van der Waals surface area contributed by atoms with E-state index in [0.717, 1.165) is 49.4 Å². The van der Waals surface area contributed by atoms with Gasteiger partial charge in [-0.3, -0.25) is 19.8 Å². The molecule has 5 rings (SSSR count). The van der Waals surface area contributed by atoms with Gasteiger partial charge in [0.25, 0.3) is 11.6 Å².